The quantitative estimate of drug-likeness (QED) is 0.604. The maximum atomic E-state index is 12.5. The highest BCUT2D eigenvalue weighted by molar-refractivity contribution is 9.10. The zero-order chi connectivity index (χ0) is 20.1. The fourth-order valence-electron chi connectivity index (χ4n) is 3.42. The molecular formula is C19H24BrClN4O2S. The number of hydrogen-bond donors (Lipinski definition) is 2. The number of carbonyl (C=O) groups excluding carboxylic acids is 2. The molecule has 3 rings (SSSR count). The molecule has 2 amide bonds. The van der Waals surface area contributed by atoms with Crippen molar-refractivity contribution in [2.45, 2.75) is 51.6 Å². The van der Waals surface area contributed by atoms with Crippen LogP contribution in [0, 0.1) is 5.92 Å². The Kier molecular flexibility index (Phi) is 7.54. The van der Waals surface area contributed by atoms with Crippen LogP contribution in [0.2, 0.25) is 5.02 Å². The molecule has 9 heteroatoms. The first kappa shape index (κ1) is 21.3. The van der Waals surface area contributed by atoms with E-state index < -0.39 is 0 Å². The van der Waals surface area contributed by atoms with Gasteiger partial charge in [-0.25, -0.2) is 0 Å². The van der Waals surface area contributed by atoms with E-state index in [1.807, 2.05) is 11.4 Å². The maximum absolute atomic E-state index is 12.5. The smallest absolute Gasteiger partial charge is 0.273 e. The van der Waals surface area contributed by atoms with Crippen molar-refractivity contribution in [1.29, 1.82) is 0 Å². The monoisotopic (exact) mass is 486 g/mol. The lowest BCUT2D eigenvalue weighted by Crippen LogP contribution is -2.40. The highest BCUT2D eigenvalue weighted by atomic mass is 79.9. The second kappa shape index (κ2) is 9.89. The van der Waals surface area contributed by atoms with E-state index in [9.17, 15) is 9.59 Å². The van der Waals surface area contributed by atoms with Gasteiger partial charge in [0.15, 0.2) is 5.69 Å². The standard InChI is InChI=1S/C19H24BrClN4O2S/c1-2-7-25-10-15(21)17(24-25)19(27)23-14-5-3-12(4-6-14)9-22-18(26)16-8-13(20)11-28-16/h8,10-12,14H,2-7,9H2,1H3,(H,22,26)(H,23,27). The molecule has 0 atom stereocenters. The number of amides is 2. The second-order valence-electron chi connectivity index (χ2n) is 7.12. The van der Waals surface area contributed by atoms with Crippen LogP contribution >= 0.6 is 38.9 Å². The minimum absolute atomic E-state index is 0.0246. The molecule has 0 spiro atoms. The minimum Gasteiger partial charge on any atom is -0.351 e. The number of thiophene rings is 1. The summed E-state index contributed by atoms with van der Waals surface area (Å²) in [5.41, 5.74) is 0.298. The van der Waals surface area contributed by atoms with Crippen molar-refractivity contribution in [3.63, 3.8) is 0 Å². The molecule has 0 aliphatic heterocycles. The third-order valence-corrected chi connectivity index (χ3v) is 6.88. The van der Waals surface area contributed by atoms with Crippen molar-refractivity contribution in [3.05, 3.63) is 37.7 Å². The van der Waals surface area contributed by atoms with Gasteiger partial charge >= 0.3 is 0 Å². The average Bonchev–Trinajstić information content (AvgIpc) is 3.27. The number of nitrogens with one attached hydrogen (secondary N) is 2. The van der Waals surface area contributed by atoms with Gasteiger partial charge in [-0.1, -0.05) is 18.5 Å². The van der Waals surface area contributed by atoms with Gasteiger partial charge in [0.2, 0.25) is 0 Å². The van der Waals surface area contributed by atoms with Crippen LogP contribution in [0.15, 0.2) is 22.1 Å². The summed E-state index contributed by atoms with van der Waals surface area (Å²) < 4.78 is 2.64. The topological polar surface area (TPSA) is 76.0 Å². The van der Waals surface area contributed by atoms with Crippen molar-refractivity contribution in [2.75, 3.05) is 6.54 Å². The summed E-state index contributed by atoms with van der Waals surface area (Å²) >= 11 is 10.9. The zero-order valence-corrected chi connectivity index (χ0v) is 18.9. The number of hydrogen-bond acceptors (Lipinski definition) is 4. The molecule has 1 aliphatic rings. The number of aryl methyl sites for hydroxylation is 1. The molecule has 0 bridgehead atoms. The van der Waals surface area contributed by atoms with Crippen LogP contribution in [-0.2, 0) is 6.54 Å². The predicted molar refractivity (Wildman–Crippen MR) is 115 cm³/mol. The van der Waals surface area contributed by atoms with Crippen molar-refractivity contribution in [1.82, 2.24) is 20.4 Å². The highest BCUT2D eigenvalue weighted by Crippen LogP contribution is 2.25. The number of rotatable bonds is 7. The van der Waals surface area contributed by atoms with Gasteiger partial charge in [0.05, 0.1) is 9.90 Å². The van der Waals surface area contributed by atoms with Gasteiger partial charge in [0.25, 0.3) is 11.8 Å². The van der Waals surface area contributed by atoms with Crippen LogP contribution in [0.1, 0.15) is 59.2 Å². The van der Waals surface area contributed by atoms with Crippen LogP contribution in [0.5, 0.6) is 0 Å². The Labute approximate surface area is 182 Å². The Balaban J connectivity index is 1.42. The third kappa shape index (κ3) is 5.58. The Morgan fingerprint density at radius 3 is 2.71 bits per heavy atom. The molecule has 1 aliphatic carbocycles. The Bertz CT molecular complexity index is 830. The van der Waals surface area contributed by atoms with Crippen molar-refractivity contribution < 1.29 is 9.59 Å². The minimum atomic E-state index is -0.208. The van der Waals surface area contributed by atoms with E-state index in [1.54, 1.807) is 10.9 Å². The molecule has 1 fully saturated rings. The van der Waals surface area contributed by atoms with Gasteiger partial charge in [-0.05, 0) is 60.0 Å². The van der Waals surface area contributed by atoms with E-state index in [0.717, 1.165) is 43.1 Å². The van der Waals surface area contributed by atoms with Gasteiger partial charge in [0, 0.05) is 35.2 Å². The number of carbonyl (C=O) groups is 2. The van der Waals surface area contributed by atoms with E-state index in [1.165, 1.54) is 11.3 Å². The molecule has 2 aromatic heterocycles. The Morgan fingerprint density at radius 2 is 2.07 bits per heavy atom. The Hall–Kier alpha value is -1.38. The number of halogens is 2. The SMILES string of the molecule is CCCn1cc(Cl)c(C(=O)NC2CCC(CNC(=O)c3cc(Br)cs3)CC2)n1. The molecule has 2 N–H and O–H groups in total. The maximum Gasteiger partial charge on any atom is 0.273 e. The van der Waals surface area contributed by atoms with E-state index in [2.05, 4.69) is 38.6 Å². The molecule has 1 saturated carbocycles. The van der Waals surface area contributed by atoms with E-state index in [0.29, 0.717) is 28.1 Å². The molecule has 2 heterocycles. The summed E-state index contributed by atoms with van der Waals surface area (Å²) in [6, 6.07) is 1.96. The summed E-state index contributed by atoms with van der Waals surface area (Å²) in [5.74, 6) is 0.205. The first-order valence-corrected chi connectivity index (χ1v) is 11.6. The van der Waals surface area contributed by atoms with Gasteiger partial charge in [-0.3, -0.25) is 14.3 Å². The summed E-state index contributed by atoms with van der Waals surface area (Å²) in [4.78, 5) is 25.3. The highest BCUT2D eigenvalue weighted by Gasteiger charge is 2.25. The number of nitrogens with zero attached hydrogens (tertiary/aromatic N) is 2. The van der Waals surface area contributed by atoms with Crippen LogP contribution in [0.4, 0.5) is 0 Å². The third-order valence-electron chi connectivity index (χ3n) is 4.91. The summed E-state index contributed by atoms with van der Waals surface area (Å²) in [6.07, 6.45) is 6.36. The fraction of sp³-hybridized carbons (Fsp3) is 0.526. The van der Waals surface area contributed by atoms with Crippen LogP contribution in [0.3, 0.4) is 0 Å². The first-order chi connectivity index (χ1) is 13.5. The van der Waals surface area contributed by atoms with Crippen LogP contribution in [-0.4, -0.2) is 34.2 Å². The largest absolute Gasteiger partial charge is 0.351 e. The van der Waals surface area contributed by atoms with Gasteiger partial charge in [0.1, 0.15) is 0 Å². The van der Waals surface area contributed by atoms with Crippen LogP contribution in [0.25, 0.3) is 0 Å². The molecule has 152 valence electrons. The van der Waals surface area contributed by atoms with E-state index in [-0.39, 0.29) is 17.9 Å². The van der Waals surface area contributed by atoms with Gasteiger partial charge in [-0.2, -0.15) is 5.10 Å². The lowest BCUT2D eigenvalue weighted by Gasteiger charge is -2.29. The number of aromatic nitrogens is 2. The normalized spacial score (nSPS) is 19.4. The molecule has 0 saturated heterocycles. The summed E-state index contributed by atoms with van der Waals surface area (Å²) in [7, 11) is 0. The second-order valence-corrected chi connectivity index (χ2v) is 9.35. The Morgan fingerprint density at radius 1 is 1.32 bits per heavy atom. The van der Waals surface area contributed by atoms with Crippen molar-refractivity contribution >= 4 is 50.7 Å². The first-order valence-electron chi connectivity index (χ1n) is 9.52. The van der Waals surface area contributed by atoms with E-state index in [4.69, 9.17) is 11.6 Å². The summed E-state index contributed by atoms with van der Waals surface area (Å²) in [5, 5.41) is 12.7. The average molecular weight is 488 g/mol. The van der Waals surface area contributed by atoms with Crippen molar-refractivity contribution in [3.8, 4) is 0 Å². The van der Waals surface area contributed by atoms with Crippen molar-refractivity contribution in [2.24, 2.45) is 5.92 Å². The molecule has 28 heavy (non-hydrogen) atoms. The van der Waals surface area contributed by atoms with E-state index >= 15 is 0 Å². The molecule has 0 unspecified atom stereocenters. The zero-order valence-electron chi connectivity index (χ0n) is 15.7. The fourth-order valence-corrected chi connectivity index (χ4v) is 4.99. The molecule has 2 aromatic rings. The predicted octanol–water partition coefficient (Wildman–Crippen LogP) is 4.49. The lowest BCUT2D eigenvalue weighted by molar-refractivity contribution is 0.0914. The van der Waals surface area contributed by atoms with Gasteiger partial charge in [-0.15, -0.1) is 11.3 Å². The summed E-state index contributed by atoms with van der Waals surface area (Å²) in [6.45, 7) is 3.46. The van der Waals surface area contributed by atoms with Crippen LogP contribution < -0.4 is 10.6 Å². The van der Waals surface area contributed by atoms with Gasteiger partial charge < -0.3 is 10.6 Å². The molecule has 0 radical (unpaired) electrons. The molecule has 0 aromatic carbocycles. The lowest BCUT2D eigenvalue weighted by atomic mass is 9.86. The molecule has 6 nitrogen and oxygen atoms in total. The molecular weight excluding hydrogens is 464 g/mol.